The van der Waals surface area contributed by atoms with Crippen LogP contribution in [0.1, 0.15) is 12.6 Å². The average Bonchev–Trinajstić information content (AvgIpc) is 2.46. The molecule has 0 aliphatic rings. The summed E-state index contributed by atoms with van der Waals surface area (Å²) in [6.07, 6.45) is -3.07. The van der Waals surface area contributed by atoms with Crippen LogP contribution in [0.5, 0.6) is 0 Å². The highest BCUT2D eigenvalue weighted by Crippen LogP contribution is 2.31. The van der Waals surface area contributed by atoms with E-state index in [4.69, 9.17) is 0 Å². The monoisotopic (exact) mass is 308 g/mol. The number of rotatable bonds is 4. The van der Waals surface area contributed by atoms with Crippen LogP contribution in [-0.4, -0.2) is 28.5 Å². The number of aromatic nitrogens is 3. The lowest BCUT2D eigenvalue weighted by Gasteiger charge is -2.20. The summed E-state index contributed by atoms with van der Waals surface area (Å²) in [6, 6.07) is 5.84. The van der Waals surface area contributed by atoms with Gasteiger partial charge in [-0.05, 0) is 19.1 Å². The Morgan fingerprint density at radius 1 is 1.27 bits per heavy atom. The third kappa shape index (κ3) is 3.81. The molecule has 0 atom stereocenters. The van der Waals surface area contributed by atoms with Gasteiger partial charge >= 0.3 is 6.18 Å². The minimum atomic E-state index is -4.55. The molecule has 2 aromatic heterocycles. The number of anilines is 1. The standard InChI is InChI=1S/C15H15F3N4/c1-10(2)9-22(3)13-8-12(15(16,17)18)20-14(21-13)11-6-4-5-7-19-11/h4-8H,1,9H2,2-3H3. The maximum atomic E-state index is 13.0. The van der Waals surface area contributed by atoms with Gasteiger partial charge in [-0.1, -0.05) is 18.2 Å². The van der Waals surface area contributed by atoms with Crippen LogP contribution < -0.4 is 4.90 Å². The minimum Gasteiger partial charge on any atom is -0.356 e. The molecule has 2 rings (SSSR count). The summed E-state index contributed by atoms with van der Waals surface area (Å²) >= 11 is 0. The first-order valence-corrected chi connectivity index (χ1v) is 6.50. The van der Waals surface area contributed by atoms with Gasteiger partial charge in [-0.2, -0.15) is 13.2 Å². The summed E-state index contributed by atoms with van der Waals surface area (Å²) in [5.74, 6) is 0.116. The van der Waals surface area contributed by atoms with Crippen LogP contribution in [0.2, 0.25) is 0 Å². The molecule has 116 valence electrons. The van der Waals surface area contributed by atoms with E-state index < -0.39 is 11.9 Å². The van der Waals surface area contributed by atoms with Crippen LogP contribution in [0.4, 0.5) is 19.0 Å². The Bertz CT molecular complexity index is 668. The van der Waals surface area contributed by atoms with Gasteiger partial charge in [-0.25, -0.2) is 9.97 Å². The highest BCUT2D eigenvalue weighted by atomic mass is 19.4. The molecule has 0 spiro atoms. The fourth-order valence-corrected chi connectivity index (χ4v) is 1.87. The Hall–Kier alpha value is -2.44. The van der Waals surface area contributed by atoms with Crippen molar-refractivity contribution in [3.63, 3.8) is 0 Å². The van der Waals surface area contributed by atoms with E-state index in [0.29, 0.717) is 12.2 Å². The van der Waals surface area contributed by atoms with Gasteiger partial charge in [-0.3, -0.25) is 4.98 Å². The van der Waals surface area contributed by atoms with Crippen molar-refractivity contribution in [2.75, 3.05) is 18.5 Å². The van der Waals surface area contributed by atoms with Gasteiger partial charge in [0.25, 0.3) is 0 Å². The summed E-state index contributed by atoms with van der Waals surface area (Å²) in [5.41, 5.74) is 0.111. The van der Waals surface area contributed by atoms with Gasteiger partial charge < -0.3 is 4.90 Å². The summed E-state index contributed by atoms with van der Waals surface area (Å²) in [7, 11) is 1.65. The maximum absolute atomic E-state index is 13.0. The van der Waals surface area contributed by atoms with Gasteiger partial charge in [0.15, 0.2) is 11.5 Å². The van der Waals surface area contributed by atoms with E-state index in [2.05, 4.69) is 21.5 Å². The van der Waals surface area contributed by atoms with Gasteiger partial charge in [0.1, 0.15) is 11.5 Å². The molecule has 0 saturated carbocycles. The smallest absolute Gasteiger partial charge is 0.356 e. The quantitative estimate of drug-likeness (QED) is 0.810. The molecule has 0 N–H and O–H groups in total. The van der Waals surface area contributed by atoms with Crippen LogP contribution in [0, 0.1) is 0 Å². The van der Waals surface area contributed by atoms with Crippen molar-refractivity contribution < 1.29 is 13.2 Å². The second kappa shape index (κ2) is 6.13. The molecule has 0 fully saturated rings. The van der Waals surface area contributed by atoms with E-state index in [1.165, 1.54) is 6.20 Å². The van der Waals surface area contributed by atoms with E-state index >= 15 is 0 Å². The van der Waals surface area contributed by atoms with E-state index in [1.54, 1.807) is 37.1 Å². The Kier molecular flexibility index (Phi) is 4.44. The summed E-state index contributed by atoms with van der Waals surface area (Å²) in [5, 5.41) is 0. The molecule has 2 aromatic rings. The molecule has 0 unspecified atom stereocenters. The maximum Gasteiger partial charge on any atom is 0.433 e. The molecule has 0 saturated heterocycles. The molecule has 22 heavy (non-hydrogen) atoms. The Balaban J connectivity index is 2.53. The Morgan fingerprint density at radius 3 is 2.55 bits per heavy atom. The number of halogens is 3. The van der Waals surface area contributed by atoms with Crippen LogP contribution in [0.25, 0.3) is 11.5 Å². The topological polar surface area (TPSA) is 41.9 Å². The van der Waals surface area contributed by atoms with E-state index in [1.807, 2.05) is 0 Å². The first kappa shape index (κ1) is 15.9. The lowest BCUT2D eigenvalue weighted by Crippen LogP contribution is -2.22. The highest BCUT2D eigenvalue weighted by Gasteiger charge is 2.34. The lowest BCUT2D eigenvalue weighted by atomic mass is 10.3. The first-order chi connectivity index (χ1) is 10.3. The first-order valence-electron chi connectivity index (χ1n) is 6.50. The van der Waals surface area contributed by atoms with Crippen molar-refractivity contribution >= 4 is 5.82 Å². The summed E-state index contributed by atoms with van der Waals surface area (Å²) < 4.78 is 39.1. The normalized spacial score (nSPS) is 11.3. The molecule has 0 aliphatic heterocycles. The zero-order chi connectivity index (χ0) is 16.3. The van der Waals surface area contributed by atoms with Gasteiger partial charge in [-0.15, -0.1) is 0 Å². The van der Waals surface area contributed by atoms with Crippen molar-refractivity contribution in [2.45, 2.75) is 13.1 Å². The van der Waals surface area contributed by atoms with Gasteiger partial charge in [0, 0.05) is 25.9 Å². The zero-order valence-corrected chi connectivity index (χ0v) is 12.2. The molecular formula is C15H15F3N4. The Labute approximate surface area is 126 Å². The lowest BCUT2D eigenvalue weighted by molar-refractivity contribution is -0.141. The fourth-order valence-electron chi connectivity index (χ4n) is 1.87. The second-order valence-corrected chi connectivity index (χ2v) is 4.96. The zero-order valence-electron chi connectivity index (χ0n) is 12.2. The molecule has 0 radical (unpaired) electrons. The van der Waals surface area contributed by atoms with Gasteiger partial charge in [0.2, 0.25) is 0 Å². The van der Waals surface area contributed by atoms with Crippen molar-refractivity contribution in [2.24, 2.45) is 0 Å². The number of pyridine rings is 1. The molecule has 0 aliphatic carbocycles. The number of likely N-dealkylation sites (N-methyl/N-ethyl adjacent to an activating group) is 1. The predicted molar refractivity (Wildman–Crippen MR) is 78.3 cm³/mol. The van der Waals surface area contributed by atoms with Crippen LogP contribution in [-0.2, 0) is 6.18 Å². The number of hydrogen-bond acceptors (Lipinski definition) is 4. The molecular weight excluding hydrogens is 293 g/mol. The van der Waals surface area contributed by atoms with E-state index in [-0.39, 0.29) is 11.6 Å². The third-order valence-corrected chi connectivity index (χ3v) is 2.80. The molecule has 0 amide bonds. The molecule has 0 bridgehead atoms. The fraction of sp³-hybridized carbons (Fsp3) is 0.267. The van der Waals surface area contributed by atoms with Crippen molar-refractivity contribution in [1.29, 1.82) is 0 Å². The minimum absolute atomic E-state index is 0.0565. The number of hydrogen-bond donors (Lipinski definition) is 0. The largest absolute Gasteiger partial charge is 0.433 e. The molecule has 2 heterocycles. The van der Waals surface area contributed by atoms with Crippen molar-refractivity contribution in [1.82, 2.24) is 15.0 Å². The van der Waals surface area contributed by atoms with E-state index in [9.17, 15) is 13.2 Å². The number of nitrogens with zero attached hydrogens (tertiary/aromatic N) is 4. The SMILES string of the molecule is C=C(C)CN(C)c1cc(C(F)(F)F)nc(-c2ccccn2)n1. The molecule has 0 aromatic carbocycles. The number of alkyl halides is 3. The average molecular weight is 308 g/mol. The van der Waals surface area contributed by atoms with Crippen LogP contribution in [0.3, 0.4) is 0 Å². The highest BCUT2D eigenvalue weighted by molar-refractivity contribution is 5.54. The summed E-state index contributed by atoms with van der Waals surface area (Å²) in [4.78, 5) is 13.4. The van der Waals surface area contributed by atoms with Crippen molar-refractivity contribution in [3.8, 4) is 11.5 Å². The second-order valence-electron chi connectivity index (χ2n) is 4.96. The Morgan fingerprint density at radius 2 is 2.00 bits per heavy atom. The molecule has 4 nitrogen and oxygen atoms in total. The summed E-state index contributed by atoms with van der Waals surface area (Å²) in [6.45, 7) is 5.95. The van der Waals surface area contributed by atoms with E-state index in [0.717, 1.165) is 11.6 Å². The van der Waals surface area contributed by atoms with Crippen LogP contribution in [0.15, 0.2) is 42.6 Å². The predicted octanol–water partition coefficient (Wildman–Crippen LogP) is 3.57. The molecule has 7 heteroatoms. The van der Waals surface area contributed by atoms with Crippen molar-refractivity contribution in [3.05, 3.63) is 48.3 Å². The van der Waals surface area contributed by atoms with Gasteiger partial charge in [0.05, 0.1) is 0 Å². The van der Waals surface area contributed by atoms with Crippen LogP contribution >= 0.6 is 0 Å². The third-order valence-electron chi connectivity index (χ3n) is 2.80.